The Morgan fingerprint density at radius 1 is 1.59 bits per heavy atom. The maximum Gasteiger partial charge on any atom is 0.0798 e. The largest absolute Gasteiger partial charge is 0.309 e. The van der Waals surface area contributed by atoms with Crippen molar-refractivity contribution in [3.63, 3.8) is 0 Å². The molecular weight excluding hydrogens is 230 g/mol. The summed E-state index contributed by atoms with van der Waals surface area (Å²) in [6.45, 7) is 12.2. The highest BCUT2D eigenvalue weighted by molar-refractivity contribution is 7.09. The molecule has 2 heterocycles. The fourth-order valence-electron chi connectivity index (χ4n) is 2.47. The van der Waals surface area contributed by atoms with Crippen LogP contribution in [0.2, 0.25) is 0 Å². The van der Waals surface area contributed by atoms with Gasteiger partial charge in [-0.25, -0.2) is 4.98 Å². The summed E-state index contributed by atoms with van der Waals surface area (Å²) in [5.41, 5.74) is 3.38. The zero-order valence-electron chi connectivity index (χ0n) is 11.3. The molecule has 1 N–H and O–H groups in total. The number of piperazine rings is 1. The van der Waals surface area contributed by atoms with Gasteiger partial charge in [0.25, 0.3) is 0 Å². The molecule has 1 fully saturated rings. The molecule has 1 aliphatic rings. The van der Waals surface area contributed by atoms with Gasteiger partial charge >= 0.3 is 0 Å². The Balaban J connectivity index is 2.08. The van der Waals surface area contributed by atoms with Crippen molar-refractivity contribution in [3.05, 3.63) is 16.1 Å². The molecule has 0 aromatic carbocycles. The number of nitrogens with one attached hydrogen (secondary N) is 1. The van der Waals surface area contributed by atoms with Crippen LogP contribution in [-0.2, 0) is 6.54 Å². The summed E-state index contributed by atoms with van der Waals surface area (Å²) in [5, 5.41) is 3.63. The van der Waals surface area contributed by atoms with Gasteiger partial charge in [-0.3, -0.25) is 4.90 Å². The van der Waals surface area contributed by atoms with Crippen LogP contribution in [0, 0.1) is 6.92 Å². The number of hydrogen-bond donors (Lipinski definition) is 1. The van der Waals surface area contributed by atoms with Crippen LogP contribution in [0.3, 0.4) is 0 Å². The normalized spacial score (nSPS) is 25.1. The zero-order chi connectivity index (χ0) is 12.5. The van der Waals surface area contributed by atoms with Crippen molar-refractivity contribution in [3.8, 4) is 0 Å². The molecule has 2 rings (SSSR count). The van der Waals surface area contributed by atoms with E-state index in [1.54, 1.807) is 11.3 Å². The first-order valence-corrected chi connectivity index (χ1v) is 7.28. The monoisotopic (exact) mass is 253 g/mol. The summed E-state index contributed by atoms with van der Waals surface area (Å²) in [4.78, 5) is 8.37. The van der Waals surface area contributed by atoms with E-state index in [1.807, 2.05) is 5.51 Å². The van der Waals surface area contributed by atoms with E-state index in [0.29, 0.717) is 6.04 Å². The maximum absolute atomic E-state index is 4.35. The molecule has 1 unspecified atom stereocenters. The average molecular weight is 253 g/mol. The molecule has 1 aromatic rings. The molecular formula is C13H23N3S. The number of aromatic nitrogens is 1. The van der Waals surface area contributed by atoms with Crippen LogP contribution >= 0.6 is 11.3 Å². The smallest absolute Gasteiger partial charge is 0.0798 e. The molecule has 4 heteroatoms. The van der Waals surface area contributed by atoms with Crippen LogP contribution in [0.25, 0.3) is 0 Å². The minimum absolute atomic E-state index is 0.226. The Morgan fingerprint density at radius 2 is 2.35 bits per heavy atom. The first-order chi connectivity index (χ1) is 8.02. The number of hydrogen-bond acceptors (Lipinski definition) is 4. The molecule has 0 saturated carbocycles. The van der Waals surface area contributed by atoms with E-state index >= 15 is 0 Å². The molecule has 96 valence electrons. The quantitative estimate of drug-likeness (QED) is 0.896. The number of aryl methyl sites for hydroxylation is 1. The third-order valence-corrected chi connectivity index (χ3v) is 4.51. The van der Waals surface area contributed by atoms with Crippen molar-refractivity contribution in [1.82, 2.24) is 15.2 Å². The van der Waals surface area contributed by atoms with Crippen LogP contribution in [0.5, 0.6) is 0 Å². The molecule has 3 nitrogen and oxygen atoms in total. The Kier molecular flexibility index (Phi) is 3.85. The zero-order valence-corrected chi connectivity index (χ0v) is 12.1. The molecule has 0 spiro atoms. The highest BCUT2D eigenvalue weighted by Crippen LogP contribution is 2.22. The van der Waals surface area contributed by atoms with E-state index < -0.39 is 0 Å². The number of nitrogens with zero attached hydrogens (tertiary/aromatic N) is 2. The van der Waals surface area contributed by atoms with Gasteiger partial charge in [0, 0.05) is 36.1 Å². The minimum atomic E-state index is 0.226. The van der Waals surface area contributed by atoms with E-state index in [2.05, 4.69) is 42.9 Å². The first kappa shape index (κ1) is 13.0. The number of rotatable bonds is 3. The lowest BCUT2D eigenvalue weighted by atomic mass is 9.97. The average Bonchev–Trinajstić information content (AvgIpc) is 2.64. The lowest BCUT2D eigenvalue weighted by molar-refractivity contribution is 0.0866. The van der Waals surface area contributed by atoms with E-state index in [0.717, 1.165) is 19.6 Å². The van der Waals surface area contributed by atoms with Crippen LogP contribution in [0.1, 0.15) is 37.8 Å². The van der Waals surface area contributed by atoms with Gasteiger partial charge in [0.2, 0.25) is 0 Å². The van der Waals surface area contributed by atoms with Crippen molar-refractivity contribution in [2.75, 3.05) is 13.1 Å². The van der Waals surface area contributed by atoms with Crippen molar-refractivity contribution >= 4 is 11.3 Å². The molecule has 0 bridgehead atoms. The highest BCUT2D eigenvalue weighted by atomic mass is 32.1. The van der Waals surface area contributed by atoms with Gasteiger partial charge in [-0.05, 0) is 27.2 Å². The third kappa shape index (κ3) is 3.06. The van der Waals surface area contributed by atoms with Gasteiger partial charge in [0.1, 0.15) is 0 Å². The summed E-state index contributed by atoms with van der Waals surface area (Å²) in [7, 11) is 0. The lowest BCUT2D eigenvalue weighted by Gasteiger charge is -2.44. The van der Waals surface area contributed by atoms with Gasteiger partial charge in [0.15, 0.2) is 0 Å². The molecule has 1 aliphatic heterocycles. The standard InChI is InChI=1S/C13H23N3S/c1-5-11-6-15-13(3,4)8-16(11)7-12-10(2)14-9-17-12/h9,11,15H,5-8H2,1-4H3. The molecule has 0 aliphatic carbocycles. The van der Waals surface area contributed by atoms with Crippen molar-refractivity contribution in [2.24, 2.45) is 0 Å². The van der Waals surface area contributed by atoms with Crippen LogP contribution < -0.4 is 5.32 Å². The van der Waals surface area contributed by atoms with Crippen LogP contribution in [0.15, 0.2) is 5.51 Å². The van der Waals surface area contributed by atoms with E-state index in [9.17, 15) is 0 Å². The van der Waals surface area contributed by atoms with E-state index in [-0.39, 0.29) is 5.54 Å². The Morgan fingerprint density at radius 3 is 2.94 bits per heavy atom. The predicted molar refractivity (Wildman–Crippen MR) is 73.4 cm³/mol. The van der Waals surface area contributed by atoms with Crippen LogP contribution in [-0.4, -0.2) is 34.6 Å². The molecule has 17 heavy (non-hydrogen) atoms. The molecule has 0 amide bonds. The highest BCUT2D eigenvalue weighted by Gasteiger charge is 2.31. The summed E-state index contributed by atoms with van der Waals surface area (Å²) < 4.78 is 0. The van der Waals surface area contributed by atoms with E-state index in [4.69, 9.17) is 0 Å². The van der Waals surface area contributed by atoms with E-state index in [1.165, 1.54) is 17.0 Å². The molecule has 0 radical (unpaired) electrons. The lowest BCUT2D eigenvalue weighted by Crippen LogP contribution is -2.60. The second-order valence-corrected chi connectivity index (χ2v) is 6.53. The van der Waals surface area contributed by atoms with Gasteiger partial charge in [-0.2, -0.15) is 0 Å². The Bertz CT molecular complexity index is 372. The maximum atomic E-state index is 4.35. The van der Waals surface area contributed by atoms with Crippen molar-refractivity contribution < 1.29 is 0 Å². The van der Waals surface area contributed by atoms with Gasteiger partial charge in [-0.1, -0.05) is 6.92 Å². The fourth-order valence-corrected chi connectivity index (χ4v) is 3.27. The molecule has 1 aromatic heterocycles. The Labute approximate surface area is 108 Å². The first-order valence-electron chi connectivity index (χ1n) is 6.40. The van der Waals surface area contributed by atoms with Gasteiger partial charge in [0.05, 0.1) is 11.2 Å². The van der Waals surface area contributed by atoms with Crippen molar-refractivity contribution in [2.45, 2.75) is 52.2 Å². The second kappa shape index (κ2) is 5.04. The third-order valence-electron chi connectivity index (χ3n) is 3.59. The predicted octanol–water partition coefficient (Wildman–Crippen LogP) is 2.41. The summed E-state index contributed by atoms with van der Waals surface area (Å²) in [5.74, 6) is 0. The topological polar surface area (TPSA) is 28.2 Å². The van der Waals surface area contributed by atoms with Gasteiger partial charge in [-0.15, -0.1) is 11.3 Å². The second-order valence-electron chi connectivity index (χ2n) is 5.59. The SMILES string of the molecule is CCC1CNC(C)(C)CN1Cc1scnc1C. The molecule has 1 atom stereocenters. The summed E-state index contributed by atoms with van der Waals surface area (Å²) in [6.07, 6.45) is 1.21. The Hall–Kier alpha value is -0.450. The van der Waals surface area contributed by atoms with Gasteiger partial charge < -0.3 is 5.32 Å². The summed E-state index contributed by atoms with van der Waals surface area (Å²) in [6, 6.07) is 0.657. The molecule has 1 saturated heterocycles. The summed E-state index contributed by atoms with van der Waals surface area (Å²) >= 11 is 1.78. The van der Waals surface area contributed by atoms with Crippen LogP contribution in [0.4, 0.5) is 0 Å². The number of thiazole rings is 1. The van der Waals surface area contributed by atoms with Crippen molar-refractivity contribution in [1.29, 1.82) is 0 Å². The minimum Gasteiger partial charge on any atom is -0.309 e. The fraction of sp³-hybridized carbons (Fsp3) is 0.769.